The molecule has 0 saturated carbocycles. The zero-order valence-electron chi connectivity index (χ0n) is 21.0. The summed E-state index contributed by atoms with van der Waals surface area (Å²) < 4.78 is 6.70. The molecule has 1 spiro atoms. The van der Waals surface area contributed by atoms with E-state index in [1.165, 1.54) is 0 Å². The second kappa shape index (κ2) is 9.48. The van der Waals surface area contributed by atoms with E-state index in [0.29, 0.717) is 44.3 Å². The highest BCUT2D eigenvalue weighted by atomic mass is 16.5. The minimum atomic E-state index is -1.03. The first-order valence-electron chi connectivity index (χ1n) is 13.0. The van der Waals surface area contributed by atoms with Gasteiger partial charge in [-0.05, 0) is 61.4 Å². The molecule has 8 heteroatoms. The fourth-order valence-corrected chi connectivity index (χ4v) is 6.86. The first-order valence-corrected chi connectivity index (χ1v) is 13.0. The number of ether oxygens (including phenoxy) is 1. The van der Waals surface area contributed by atoms with E-state index in [2.05, 4.69) is 10.6 Å². The molecule has 0 radical (unpaired) electrons. The molecule has 8 nitrogen and oxygen atoms in total. The Morgan fingerprint density at radius 1 is 1.08 bits per heavy atom. The van der Waals surface area contributed by atoms with E-state index in [4.69, 9.17) is 4.74 Å². The Morgan fingerprint density at radius 2 is 1.86 bits per heavy atom. The van der Waals surface area contributed by atoms with Gasteiger partial charge in [0.25, 0.3) is 0 Å². The lowest BCUT2D eigenvalue weighted by molar-refractivity contribution is -0.145. The van der Waals surface area contributed by atoms with Crippen LogP contribution in [0.3, 0.4) is 0 Å². The maximum absolute atomic E-state index is 13.9. The standard InChI is InChI=1S/C28H35N3O5/c1-3-27-13-14-28(36-27)22(21(27)24(33)29-2)26(35)31(15-7-4-8-16-32)23(28)25(34)30-20-12-11-18-9-5-6-10-19(18)17-20/h5-6,9-12,17,21-23,32H,3-4,7-8,13-16H2,1-2H3,(H,29,33)(H,30,34)/t21-,22-,23?,27+,28?/m0/s1. The molecule has 3 amide bonds. The predicted molar refractivity (Wildman–Crippen MR) is 136 cm³/mol. The largest absolute Gasteiger partial charge is 0.396 e. The number of hydrogen-bond donors (Lipinski definition) is 3. The topological polar surface area (TPSA) is 108 Å². The van der Waals surface area contributed by atoms with Crippen molar-refractivity contribution in [2.24, 2.45) is 11.8 Å². The van der Waals surface area contributed by atoms with Gasteiger partial charge in [-0.3, -0.25) is 14.4 Å². The lowest BCUT2D eigenvalue weighted by atomic mass is 9.65. The van der Waals surface area contributed by atoms with Crippen molar-refractivity contribution in [1.29, 1.82) is 0 Å². The maximum Gasteiger partial charge on any atom is 0.250 e. The van der Waals surface area contributed by atoms with Crippen LogP contribution in [0.5, 0.6) is 0 Å². The summed E-state index contributed by atoms with van der Waals surface area (Å²) in [5.41, 5.74) is -1.10. The summed E-state index contributed by atoms with van der Waals surface area (Å²) in [6, 6.07) is 12.9. The Balaban J connectivity index is 1.50. The quantitative estimate of drug-likeness (QED) is 0.466. The molecule has 192 valence electrons. The van der Waals surface area contributed by atoms with Gasteiger partial charge in [0.05, 0.1) is 17.4 Å². The van der Waals surface area contributed by atoms with Crippen LogP contribution >= 0.6 is 0 Å². The molecule has 3 fully saturated rings. The third-order valence-corrected chi connectivity index (χ3v) is 8.53. The highest BCUT2D eigenvalue weighted by Gasteiger charge is 2.78. The molecule has 2 aromatic carbocycles. The fourth-order valence-electron chi connectivity index (χ4n) is 6.86. The Bertz CT molecular complexity index is 1180. The highest BCUT2D eigenvalue weighted by molar-refractivity contribution is 6.04. The number of carbonyl (C=O) groups excluding carboxylic acids is 3. The summed E-state index contributed by atoms with van der Waals surface area (Å²) in [6.45, 7) is 2.46. The number of nitrogens with zero attached hydrogens (tertiary/aromatic N) is 1. The Morgan fingerprint density at radius 3 is 2.58 bits per heavy atom. The fraction of sp³-hybridized carbons (Fsp3) is 0.536. The van der Waals surface area contributed by atoms with E-state index < -0.39 is 29.1 Å². The molecule has 0 aliphatic carbocycles. The minimum absolute atomic E-state index is 0.0905. The summed E-state index contributed by atoms with van der Waals surface area (Å²) in [5.74, 6) is -1.97. The lowest BCUT2D eigenvalue weighted by Gasteiger charge is -2.33. The molecule has 36 heavy (non-hydrogen) atoms. The molecule has 3 N–H and O–H groups in total. The van der Waals surface area contributed by atoms with E-state index in [-0.39, 0.29) is 24.3 Å². The van der Waals surface area contributed by atoms with Gasteiger partial charge in [0, 0.05) is 25.9 Å². The Hall–Kier alpha value is -2.97. The number of benzene rings is 2. The van der Waals surface area contributed by atoms with Crippen LogP contribution in [0.4, 0.5) is 5.69 Å². The van der Waals surface area contributed by atoms with Crippen molar-refractivity contribution in [2.75, 3.05) is 25.5 Å². The molecule has 3 saturated heterocycles. The smallest absolute Gasteiger partial charge is 0.250 e. The van der Waals surface area contributed by atoms with Crippen molar-refractivity contribution in [3.8, 4) is 0 Å². The summed E-state index contributed by atoms with van der Waals surface area (Å²) in [4.78, 5) is 42.5. The third-order valence-electron chi connectivity index (χ3n) is 8.53. The molecule has 2 unspecified atom stereocenters. The average Bonchev–Trinajstić information content (AvgIpc) is 3.49. The second-order valence-electron chi connectivity index (χ2n) is 10.3. The van der Waals surface area contributed by atoms with Crippen molar-refractivity contribution < 1.29 is 24.2 Å². The number of aliphatic hydroxyl groups excluding tert-OH is 1. The second-order valence-corrected chi connectivity index (χ2v) is 10.3. The molecular formula is C28H35N3O5. The van der Waals surface area contributed by atoms with E-state index >= 15 is 0 Å². The van der Waals surface area contributed by atoms with Crippen LogP contribution in [0.25, 0.3) is 10.8 Å². The van der Waals surface area contributed by atoms with Gasteiger partial charge in [0.1, 0.15) is 11.6 Å². The summed E-state index contributed by atoms with van der Waals surface area (Å²) in [7, 11) is 1.58. The molecule has 0 aromatic heterocycles. The molecule has 2 bridgehead atoms. The highest BCUT2D eigenvalue weighted by Crippen LogP contribution is 2.64. The normalized spacial score (nSPS) is 30.6. The van der Waals surface area contributed by atoms with E-state index in [0.717, 1.165) is 17.2 Å². The predicted octanol–water partition coefficient (Wildman–Crippen LogP) is 2.84. The molecule has 5 rings (SSSR count). The first-order chi connectivity index (χ1) is 17.4. The SMILES string of the molecule is CC[C@]12CCC3(O1)C(C(=O)Nc1ccc4ccccc4c1)N(CCCCCO)C(=O)[C@@H]3[C@H]2C(=O)NC. The van der Waals surface area contributed by atoms with Crippen LogP contribution in [-0.4, -0.2) is 65.2 Å². The van der Waals surface area contributed by atoms with Crippen LogP contribution in [0.15, 0.2) is 42.5 Å². The van der Waals surface area contributed by atoms with Gasteiger partial charge in [-0.1, -0.05) is 37.3 Å². The van der Waals surface area contributed by atoms with E-state index in [1.807, 2.05) is 49.4 Å². The van der Waals surface area contributed by atoms with Crippen molar-refractivity contribution in [1.82, 2.24) is 10.2 Å². The van der Waals surface area contributed by atoms with Crippen LogP contribution in [0.1, 0.15) is 45.4 Å². The van der Waals surface area contributed by atoms with Gasteiger partial charge >= 0.3 is 0 Å². The Labute approximate surface area is 211 Å². The van der Waals surface area contributed by atoms with Crippen LogP contribution in [-0.2, 0) is 19.1 Å². The molecular weight excluding hydrogens is 458 g/mol. The number of rotatable bonds is 9. The van der Waals surface area contributed by atoms with Crippen LogP contribution < -0.4 is 10.6 Å². The van der Waals surface area contributed by atoms with E-state index in [1.54, 1.807) is 11.9 Å². The van der Waals surface area contributed by atoms with Gasteiger partial charge < -0.3 is 25.4 Å². The van der Waals surface area contributed by atoms with Gasteiger partial charge in [0.2, 0.25) is 17.7 Å². The monoisotopic (exact) mass is 493 g/mol. The van der Waals surface area contributed by atoms with Crippen molar-refractivity contribution in [2.45, 2.75) is 62.7 Å². The number of anilines is 1. The van der Waals surface area contributed by atoms with Crippen molar-refractivity contribution >= 4 is 34.2 Å². The summed E-state index contributed by atoms with van der Waals surface area (Å²) in [5, 5.41) is 17.1. The number of carbonyl (C=O) groups is 3. The average molecular weight is 494 g/mol. The zero-order valence-corrected chi connectivity index (χ0v) is 21.0. The molecule has 2 aromatic rings. The summed E-state index contributed by atoms with van der Waals surface area (Å²) >= 11 is 0. The van der Waals surface area contributed by atoms with Gasteiger partial charge in [-0.2, -0.15) is 0 Å². The number of amides is 3. The molecule has 5 atom stereocenters. The van der Waals surface area contributed by atoms with Crippen molar-refractivity contribution in [3.63, 3.8) is 0 Å². The minimum Gasteiger partial charge on any atom is -0.396 e. The van der Waals surface area contributed by atoms with E-state index in [9.17, 15) is 19.5 Å². The number of hydrogen-bond acceptors (Lipinski definition) is 5. The maximum atomic E-state index is 13.9. The molecule has 3 aliphatic rings. The number of likely N-dealkylation sites (tertiary alicyclic amines) is 1. The molecule has 3 heterocycles. The first kappa shape index (κ1) is 24.7. The number of fused-ring (bicyclic) bond motifs is 2. The number of unbranched alkanes of at least 4 members (excludes halogenated alkanes) is 2. The van der Waals surface area contributed by atoms with Gasteiger partial charge in [0.15, 0.2) is 0 Å². The zero-order chi connectivity index (χ0) is 25.5. The Kier molecular flexibility index (Phi) is 6.51. The molecule has 3 aliphatic heterocycles. The number of aliphatic hydroxyl groups is 1. The van der Waals surface area contributed by atoms with Gasteiger partial charge in [-0.25, -0.2) is 0 Å². The lowest BCUT2D eigenvalue weighted by Crippen LogP contribution is -2.53. The van der Waals surface area contributed by atoms with Crippen LogP contribution in [0, 0.1) is 11.8 Å². The number of nitrogens with one attached hydrogen (secondary N) is 2. The van der Waals surface area contributed by atoms with Gasteiger partial charge in [-0.15, -0.1) is 0 Å². The van der Waals surface area contributed by atoms with Crippen LogP contribution in [0.2, 0.25) is 0 Å². The summed E-state index contributed by atoms with van der Waals surface area (Å²) in [6.07, 6.45) is 3.86. The third kappa shape index (κ3) is 3.69. The van der Waals surface area contributed by atoms with Crippen molar-refractivity contribution in [3.05, 3.63) is 42.5 Å².